The minimum absolute atomic E-state index is 0.344. The van der Waals surface area contributed by atoms with Crippen LogP contribution in [0, 0.1) is 0 Å². The van der Waals surface area contributed by atoms with E-state index < -0.39 is 12.2 Å². The quantitative estimate of drug-likeness (QED) is 0.734. The van der Waals surface area contributed by atoms with Gasteiger partial charge in [0.15, 0.2) is 0 Å². The van der Waals surface area contributed by atoms with Crippen molar-refractivity contribution in [1.29, 1.82) is 0 Å². The minimum Gasteiger partial charge on any atom is -0.390 e. The molecule has 90 valence electrons. The first kappa shape index (κ1) is 12.0. The Morgan fingerprint density at radius 3 is 2.71 bits per heavy atom. The van der Waals surface area contributed by atoms with Gasteiger partial charge in [-0.15, -0.1) is 0 Å². The van der Waals surface area contributed by atoms with Crippen LogP contribution in [0.2, 0.25) is 0 Å². The van der Waals surface area contributed by atoms with E-state index in [1.807, 2.05) is 24.3 Å². The topological polar surface area (TPSA) is 79.4 Å². The molecule has 0 amide bonds. The summed E-state index contributed by atoms with van der Waals surface area (Å²) in [5.41, 5.74) is 6.01. The number of benzene rings is 1. The first-order valence-corrected chi connectivity index (χ1v) is 5.63. The second-order valence-corrected chi connectivity index (χ2v) is 4.04. The van der Waals surface area contributed by atoms with E-state index in [1.165, 1.54) is 0 Å². The summed E-state index contributed by atoms with van der Waals surface area (Å²) in [4.78, 5) is 4.07. The van der Waals surface area contributed by atoms with Gasteiger partial charge in [-0.1, -0.05) is 24.3 Å². The molecule has 0 saturated carbocycles. The molecule has 2 unspecified atom stereocenters. The lowest BCUT2D eigenvalue weighted by Gasteiger charge is -2.18. The van der Waals surface area contributed by atoms with Crippen LogP contribution < -0.4 is 5.73 Å². The molecule has 1 heterocycles. The van der Waals surface area contributed by atoms with Crippen molar-refractivity contribution < 1.29 is 10.2 Å². The molecule has 4 N–H and O–H groups in total. The van der Waals surface area contributed by atoms with E-state index in [2.05, 4.69) is 4.98 Å². The van der Waals surface area contributed by atoms with E-state index in [-0.39, 0.29) is 0 Å². The van der Waals surface area contributed by atoms with E-state index >= 15 is 0 Å². The summed E-state index contributed by atoms with van der Waals surface area (Å²) in [6.45, 7) is 0.344. The van der Waals surface area contributed by atoms with Crippen LogP contribution in [0.25, 0.3) is 10.8 Å². The third kappa shape index (κ3) is 2.44. The molecule has 0 fully saturated rings. The van der Waals surface area contributed by atoms with Crippen molar-refractivity contribution in [3.05, 3.63) is 42.2 Å². The highest BCUT2D eigenvalue weighted by Gasteiger charge is 2.19. The van der Waals surface area contributed by atoms with Gasteiger partial charge in [0.05, 0.1) is 6.10 Å². The van der Waals surface area contributed by atoms with Gasteiger partial charge in [0.1, 0.15) is 6.10 Å². The van der Waals surface area contributed by atoms with Crippen molar-refractivity contribution in [2.45, 2.75) is 18.6 Å². The van der Waals surface area contributed by atoms with Gasteiger partial charge in [-0.25, -0.2) is 0 Å². The zero-order chi connectivity index (χ0) is 12.3. The molecule has 0 saturated heterocycles. The fourth-order valence-corrected chi connectivity index (χ4v) is 1.91. The van der Waals surface area contributed by atoms with Crippen molar-refractivity contribution in [2.75, 3.05) is 6.54 Å². The summed E-state index contributed by atoms with van der Waals surface area (Å²) in [5, 5.41) is 21.7. The second kappa shape index (κ2) is 5.23. The molecular weight excluding hydrogens is 216 g/mol. The van der Waals surface area contributed by atoms with Gasteiger partial charge in [-0.2, -0.15) is 0 Å². The lowest BCUT2D eigenvalue weighted by Crippen LogP contribution is -2.22. The molecule has 0 aliphatic heterocycles. The van der Waals surface area contributed by atoms with Crippen LogP contribution in [0.15, 0.2) is 36.7 Å². The molecule has 4 nitrogen and oxygen atoms in total. The summed E-state index contributed by atoms with van der Waals surface area (Å²) in [6.07, 6.45) is 1.89. The molecule has 0 radical (unpaired) electrons. The number of rotatable bonds is 4. The molecular formula is C13H16N2O2. The molecule has 17 heavy (non-hydrogen) atoms. The van der Waals surface area contributed by atoms with E-state index in [0.717, 1.165) is 10.8 Å². The summed E-state index contributed by atoms with van der Waals surface area (Å²) >= 11 is 0. The standard InChI is InChI=1S/C13H16N2O2/c14-6-5-12(16)13(17)11-8-15-7-9-3-1-2-4-10(9)11/h1-4,7-8,12-13,16-17H,5-6,14H2. The Morgan fingerprint density at radius 1 is 1.18 bits per heavy atom. The average Bonchev–Trinajstić information content (AvgIpc) is 2.37. The third-order valence-electron chi connectivity index (χ3n) is 2.84. The maximum Gasteiger partial charge on any atom is 0.107 e. The number of nitrogens with zero attached hydrogens (tertiary/aromatic N) is 1. The second-order valence-electron chi connectivity index (χ2n) is 4.04. The van der Waals surface area contributed by atoms with Gasteiger partial charge in [0.25, 0.3) is 0 Å². The maximum absolute atomic E-state index is 10.1. The number of hydrogen-bond acceptors (Lipinski definition) is 4. The summed E-state index contributed by atoms with van der Waals surface area (Å²) in [7, 11) is 0. The Morgan fingerprint density at radius 2 is 1.94 bits per heavy atom. The zero-order valence-corrected chi connectivity index (χ0v) is 9.45. The summed E-state index contributed by atoms with van der Waals surface area (Å²) in [6, 6.07) is 7.64. The molecule has 0 aliphatic carbocycles. The highest BCUT2D eigenvalue weighted by atomic mass is 16.3. The number of nitrogens with two attached hydrogens (primary N) is 1. The van der Waals surface area contributed by atoms with Crippen LogP contribution >= 0.6 is 0 Å². The molecule has 2 rings (SSSR count). The Labute approximate surface area is 99.7 Å². The fraction of sp³-hybridized carbons (Fsp3) is 0.308. The molecule has 2 aromatic rings. The number of pyridine rings is 1. The molecule has 1 aromatic heterocycles. The number of aliphatic hydroxyl groups excluding tert-OH is 2. The van der Waals surface area contributed by atoms with Crippen molar-refractivity contribution >= 4 is 10.8 Å². The van der Waals surface area contributed by atoms with Gasteiger partial charge < -0.3 is 15.9 Å². The SMILES string of the molecule is NCCC(O)C(O)c1cncc2ccccc12. The number of hydrogen-bond donors (Lipinski definition) is 3. The smallest absolute Gasteiger partial charge is 0.107 e. The number of aromatic nitrogens is 1. The van der Waals surface area contributed by atoms with Crippen LogP contribution in [-0.4, -0.2) is 27.8 Å². The molecule has 4 heteroatoms. The summed E-state index contributed by atoms with van der Waals surface area (Å²) < 4.78 is 0. The monoisotopic (exact) mass is 232 g/mol. The third-order valence-corrected chi connectivity index (χ3v) is 2.84. The van der Waals surface area contributed by atoms with E-state index in [9.17, 15) is 10.2 Å². The fourth-order valence-electron chi connectivity index (χ4n) is 1.91. The predicted molar refractivity (Wildman–Crippen MR) is 66.4 cm³/mol. The average molecular weight is 232 g/mol. The predicted octanol–water partition coefficient (Wildman–Crippen LogP) is 0.978. The van der Waals surface area contributed by atoms with Gasteiger partial charge >= 0.3 is 0 Å². The Balaban J connectivity index is 2.41. The van der Waals surface area contributed by atoms with Crippen LogP contribution in [0.1, 0.15) is 18.1 Å². The van der Waals surface area contributed by atoms with Crippen LogP contribution in [0.3, 0.4) is 0 Å². The van der Waals surface area contributed by atoms with Gasteiger partial charge in [-0.05, 0) is 18.4 Å². The molecule has 0 bridgehead atoms. The van der Waals surface area contributed by atoms with Crippen LogP contribution in [0.4, 0.5) is 0 Å². The van der Waals surface area contributed by atoms with Crippen molar-refractivity contribution in [2.24, 2.45) is 5.73 Å². The minimum atomic E-state index is -0.947. The Bertz CT molecular complexity index is 496. The number of fused-ring (bicyclic) bond motifs is 1. The van der Waals surface area contributed by atoms with Gasteiger partial charge in [-0.3, -0.25) is 4.98 Å². The van der Waals surface area contributed by atoms with E-state index in [1.54, 1.807) is 12.4 Å². The first-order chi connectivity index (χ1) is 8.24. The molecule has 1 aromatic carbocycles. The highest BCUT2D eigenvalue weighted by Crippen LogP contribution is 2.25. The lowest BCUT2D eigenvalue weighted by atomic mass is 9.98. The van der Waals surface area contributed by atoms with Crippen LogP contribution in [0.5, 0.6) is 0 Å². The van der Waals surface area contributed by atoms with Gasteiger partial charge in [0.2, 0.25) is 0 Å². The molecule has 2 atom stereocenters. The molecule has 0 spiro atoms. The van der Waals surface area contributed by atoms with Crippen molar-refractivity contribution in [3.63, 3.8) is 0 Å². The Kier molecular flexibility index (Phi) is 3.68. The van der Waals surface area contributed by atoms with E-state index in [0.29, 0.717) is 18.5 Å². The van der Waals surface area contributed by atoms with E-state index in [4.69, 9.17) is 5.73 Å². The van der Waals surface area contributed by atoms with Crippen molar-refractivity contribution in [3.8, 4) is 0 Å². The lowest BCUT2D eigenvalue weighted by molar-refractivity contribution is 0.0157. The Hall–Kier alpha value is -1.49. The number of aliphatic hydroxyl groups is 2. The largest absolute Gasteiger partial charge is 0.390 e. The van der Waals surface area contributed by atoms with Crippen molar-refractivity contribution in [1.82, 2.24) is 4.98 Å². The molecule has 0 aliphatic rings. The first-order valence-electron chi connectivity index (χ1n) is 5.63. The van der Waals surface area contributed by atoms with Crippen LogP contribution in [-0.2, 0) is 0 Å². The van der Waals surface area contributed by atoms with Gasteiger partial charge in [0, 0.05) is 23.3 Å². The highest BCUT2D eigenvalue weighted by molar-refractivity contribution is 5.84. The summed E-state index contributed by atoms with van der Waals surface area (Å²) in [5.74, 6) is 0. The zero-order valence-electron chi connectivity index (χ0n) is 9.45. The normalized spacial score (nSPS) is 14.8. The maximum atomic E-state index is 10.1.